The van der Waals surface area contributed by atoms with Crippen LogP contribution in [0.1, 0.15) is 32.3 Å². The Labute approximate surface area is 96.8 Å². The summed E-state index contributed by atoms with van der Waals surface area (Å²) in [5.74, 6) is -0.0773. The molecular weight excluding hydrogens is 202 g/mol. The maximum atomic E-state index is 11.3. The van der Waals surface area contributed by atoms with E-state index in [0.29, 0.717) is 6.42 Å². The molecule has 0 atom stereocenters. The molecule has 0 saturated carbocycles. The van der Waals surface area contributed by atoms with Gasteiger partial charge in [0.15, 0.2) is 0 Å². The minimum atomic E-state index is -0.0773. The Bertz CT molecular complexity index is 333. The van der Waals surface area contributed by atoms with E-state index in [-0.39, 0.29) is 11.3 Å². The fourth-order valence-electron chi connectivity index (χ4n) is 1.62. The lowest BCUT2D eigenvalue weighted by Gasteiger charge is -2.24. The quantitative estimate of drug-likeness (QED) is 0.775. The largest absolute Gasteiger partial charge is 0.277 e. The van der Waals surface area contributed by atoms with Crippen LogP contribution in [-0.4, -0.2) is 13.0 Å². The van der Waals surface area contributed by atoms with Crippen molar-refractivity contribution >= 4 is 5.91 Å². The van der Waals surface area contributed by atoms with Crippen molar-refractivity contribution in [2.45, 2.75) is 32.1 Å². The molecule has 0 saturated heterocycles. The molecule has 0 bridgehead atoms. The van der Waals surface area contributed by atoms with Crippen molar-refractivity contribution in [3.05, 3.63) is 35.9 Å². The number of nitrogens with one attached hydrogen (secondary N) is 1. The molecule has 16 heavy (non-hydrogen) atoms. The van der Waals surface area contributed by atoms with E-state index >= 15 is 0 Å². The molecule has 0 aromatic heterocycles. The first-order valence-corrected chi connectivity index (χ1v) is 5.43. The van der Waals surface area contributed by atoms with Gasteiger partial charge in [-0.05, 0) is 17.4 Å². The highest BCUT2D eigenvalue weighted by Crippen LogP contribution is 2.27. The Balaban J connectivity index is 2.55. The summed E-state index contributed by atoms with van der Waals surface area (Å²) in [5.41, 5.74) is 3.59. The highest BCUT2D eigenvalue weighted by Gasteiger charge is 2.21. The first-order valence-electron chi connectivity index (χ1n) is 5.43. The van der Waals surface area contributed by atoms with E-state index in [1.165, 1.54) is 12.7 Å². The highest BCUT2D eigenvalue weighted by atomic mass is 16.6. The van der Waals surface area contributed by atoms with Crippen molar-refractivity contribution in [3.63, 3.8) is 0 Å². The molecule has 0 unspecified atom stereocenters. The highest BCUT2D eigenvalue weighted by molar-refractivity contribution is 5.74. The molecule has 0 fully saturated rings. The number of carbonyl (C=O) groups is 1. The first-order chi connectivity index (χ1) is 7.56. The number of hydroxylamine groups is 1. The smallest absolute Gasteiger partial charge is 0.243 e. The molecule has 0 aliphatic carbocycles. The maximum Gasteiger partial charge on any atom is 0.243 e. The Kier molecular flexibility index (Phi) is 4.50. The van der Waals surface area contributed by atoms with E-state index < -0.39 is 0 Å². The monoisotopic (exact) mass is 221 g/mol. The SMILES string of the molecule is CONC(=O)CCC(C)(C)c1ccccc1. The van der Waals surface area contributed by atoms with Gasteiger partial charge in [-0.25, -0.2) is 5.48 Å². The summed E-state index contributed by atoms with van der Waals surface area (Å²) in [6.45, 7) is 4.28. The Morgan fingerprint density at radius 1 is 1.31 bits per heavy atom. The van der Waals surface area contributed by atoms with E-state index in [4.69, 9.17) is 0 Å². The number of carbonyl (C=O) groups excluding carboxylic acids is 1. The standard InChI is InChI=1S/C13H19NO2/c1-13(2,10-9-12(15)14-16-3)11-7-5-4-6-8-11/h4-8H,9-10H2,1-3H3,(H,14,15). The fourth-order valence-corrected chi connectivity index (χ4v) is 1.62. The van der Waals surface area contributed by atoms with Crippen molar-refractivity contribution < 1.29 is 9.63 Å². The topological polar surface area (TPSA) is 38.3 Å². The molecule has 0 aliphatic heterocycles. The summed E-state index contributed by atoms with van der Waals surface area (Å²) < 4.78 is 0. The Morgan fingerprint density at radius 2 is 1.94 bits per heavy atom. The van der Waals surface area contributed by atoms with E-state index in [1.807, 2.05) is 18.2 Å². The molecular formula is C13H19NO2. The van der Waals surface area contributed by atoms with Gasteiger partial charge < -0.3 is 0 Å². The lowest BCUT2D eigenvalue weighted by atomic mass is 9.80. The second kappa shape index (κ2) is 5.66. The average Bonchev–Trinajstić information content (AvgIpc) is 2.28. The molecule has 1 rings (SSSR count). The van der Waals surface area contributed by atoms with Gasteiger partial charge in [-0.3, -0.25) is 9.63 Å². The van der Waals surface area contributed by atoms with Crippen molar-refractivity contribution in [2.75, 3.05) is 7.11 Å². The second-order valence-corrected chi connectivity index (χ2v) is 4.48. The molecule has 1 aromatic carbocycles. The predicted molar refractivity (Wildman–Crippen MR) is 63.9 cm³/mol. The summed E-state index contributed by atoms with van der Waals surface area (Å²) >= 11 is 0. The Hall–Kier alpha value is -1.35. The van der Waals surface area contributed by atoms with Crippen molar-refractivity contribution in [1.29, 1.82) is 0 Å². The van der Waals surface area contributed by atoms with Gasteiger partial charge in [-0.15, -0.1) is 0 Å². The molecule has 1 N–H and O–H groups in total. The minimum absolute atomic E-state index is 0.00629. The third kappa shape index (κ3) is 3.66. The zero-order valence-corrected chi connectivity index (χ0v) is 10.1. The van der Waals surface area contributed by atoms with E-state index in [0.717, 1.165) is 6.42 Å². The number of rotatable bonds is 5. The number of amides is 1. The first kappa shape index (κ1) is 12.7. The van der Waals surface area contributed by atoms with Crippen LogP contribution in [0.15, 0.2) is 30.3 Å². The average molecular weight is 221 g/mol. The van der Waals surface area contributed by atoms with Gasteiger partial charge in [-0.1, -0.05) is 44.2 Å². The lowest BCUT2D eigenvalue weighted by molar-refractivity contribution is -0.131. The zero-order valence-electron chi connectivity index (χ0n) is 10.1. The molecule has 0 spiro atoms. The van der Waals surface area contributed by atoms with Crippen molar-refractivity contribution in [1.82, 2.24) is 5.48 Å². The van der Waals surface area contributed by atoms with Gasteiger partial charge >= 0.3 is 0 Å². The van der Waals surface area contributed by atoms with Crippen LogP contribution in [0.5, 0.6) is 0 Å². The van der Waals surface area contributed by atoms with E-state index in [1.54, 1.807) is 0 Å². The lowest BCUT2D eigenvalue weighted by Crippen LogP contribution is -2.25. The maximum absolute atomic E-state index is 11.3. The van der Waals surface area contributed by atoms with Gasteiger partial charge in [0.2, 0.25) is 5.91 Å². The normalized spacial score (nSPS) is 11.2. The summed E-state index contributed by atoms with van der Waals surface area (Å²) in [5, 5.41) is 0. The van der Waals surface area contributed by atoms with Gasteiger partial charge in [0.25, 0.3) is 0 Å². The van der Waals surface area contributed by atoms with Crippen LogP contribution in [0.25, 0.3) is 0 Å². The minimum Gasteiger partial charge on any atom is -0.277 e. The molecule has 1 aromatic rings. The predicted octanol–water partition coefficient (Wildman–Crippen LogP) is 2.42. The van der Waals surface area contributed by atoms with Crippen LogP contribution in [0.3, 0.4) is 0 Å². The van der Waals surface area contributed by atoms with Crippen LogP contribution in [0.2, 0.25) is 0 Å². The fraction of sp³-hybridized carbons (Fsp3) is 0.462. The van der Waals surface area contributed by atoms with Crippen molar-refractivity contribution in [3.8, 4) is 0 Å². The van der Waals surface area contributed by atoms with Gasteiger partial charge in [-0.2, -0.15) is 0 Å². The van der Waals surface area contributed by atoms with Crippen LogP contribution in [0.4, 0.5) is 0 Å². The second-order valence-electron chi connectivity index (χ2n) is 4.48. The summed E-state index contributed by atoms with van der Waals surface area (Å²) in [7, 11) is 1.44. The summed E-state index contributed by atoms with van der Waals surface area (Å²) in [4.78, 5) is 15.9. The molecule has 0 heterocycles. The van der Waals surface area contributed by atoms with Crippen LogP contribution in [-0.2, 0) is 15.0 Å². The number of hydrogen-bond donors (Lipinski definition) is 1. The molecule has 1 amide bonds. The summed E-state index contributed by atoms with van der Waals surface area (Å²) in [6, 6.07) is 10.2. The van der Waals surface area contributed by atoms with Gasteiger partial charge in [0.1, 0.15) is 0 Å². The zero-order chi connectivity index (χ0) is 12.0. The third-order valence-electron chi connectivity index (χ3n) is 2.75. The molecule has 0 radical (unpaired) electrons. The van der Waals surface area contributed by atoms with Gasteiger partial charge in [0.05, 0.1) is 7.11 Å². The molecule has 88 valence electrons. The van der Waals surface area contributed by atoms with Gasteiger partial charge in [0, 0.05) is 6.42 Å². The van der Waals surface area contributed by atoms with E-state index in [2.05, 4.69) is 36.3 Å². The number of hydrogen-bond acceptors (Lipinski definition) is 2. The summed E-state index contributed by atoms with van der Waals surface area (Å²) in [6.07, 6.45) is 1.27. The third-order valence-corrected chi connectivity index (χ3v) is 2.75. The molecule has 3 nitrogen and oxygen atoms in total. The number of benzene rings is 1. The van der Waals surface area contributed by atoms with E-state index in [9.17, 15) is 4.79 Å². The van der Waals surface area contributed by atoms with Crippen molar-refractivity contribution in [2.24, 2.45) is 0 Å². The van der Waals surface area contributed by atoms with Crippen LogP contribution in [0, 0.1) is 0 Å². The molecule has 0 aliphatic rings. The molecule has 3 heteroatoms. The Morgan fingerprint density at radius 3 is 2.50 bits per heavy atom. The van der Waals surface area contributed by atoms with Crippen LogP contribution >= 0.6 is 0 Å². The van der Waals surface area contributed by atoms with Crippen LogP contribution < -0.4 is 5.48 Å².